The van der Waals surface area contributed by atoms with Crippen molar-refractivity contribution in [3.8, 4) is 0 Å². The maximum atomic E-state index is 13.3. The minimum Gasteiger partial charge on any atom is -0.354 e. The number of carbonyl (C=O) groups is 2. The summed E-state index contributed by atoms with van der Waals surface area (Å²) in [6.07, 6.45) is 5.98. The van der Waals surface area contributed by atoms with Gasteiger partial charge in [0.25, 0.3) is 0 Å². The number of nitrogens with zero attached hydrogens (tertiary/aromatic N) is 1. The number of nitrogens with one attached hydrogen (secondary N) is 3. The molecular formula is C24H36N4O2. The van der Waals surface area contributed by atoms with Gasteiger partial charge in [0.15, 0.2) is 5.96 Å². The molecule has 2 atom stereocenters. The highest BCUT2D eigenvalue weighted by Crippen LogP contribution is 2.35. The van der Waals surface area contributed by atoms with E-state index in [9.17, 15) is 9.59 Å². The topological polar surface area (TPSA) is 85.3 Å². The van der Waals surface area contributed by atoms with Crippen molar-refractivity contribution >= 4 is 17.8 Å². The molecule has 6 nitrogen and oxygen atoms in total. The van der Waals surface area contributed by atoms with Gasteiger partial charge in [-0.1, -0.05) is 64.3 Å². The van der Waals surface area contributed by atoms with E-state index >= 15 is 0 Å². The third-order valence-electron chi connectivity index (χ3n) is 6.73. The molecule has 30 heavy (non-hydrogen) atoms. The van der Waals surface area contributed by atoms with Crippen LogP contribution in [0.5, 0.6) is 0 Å². The van der Waals surface area contributed by atoms with Gasteiger partial charge in [0, 0.05) is 13.6 Å². The second-order valence-corrected chi connectivity index (χ2v) is 10.1. The second-order valence-electron chi connectivity index (χ2n) is 10.1. The van der Waals surface area contributed by atoms with Crippen LogP contribution in [0, 0.1) is 11.3 Å². The Kier molecular flexibility index (Phi) is 6.25. The lowest BCUT2D eigenvalue weighted by atomic mass is 9.76. The molecule has 0 spiro atoms. The van der Waals surface area contributed by atoms with Crippen molar-refractivity contribution in [2.24, 2.45) is 5.92 Å². The molecule has 1 heterocycles. The molecule has 1 aliphatic heterocycles. The van der Waals surface area contributed by atoms with Crippen LogP contribution in [-0.4, -0.2) is 41.8 Å². The quantitative estimate of drug-likeness (QED) is 0.707. The SMILES string of the molecule is CN1C(=N)N[C@](C)(C(=O)NCC2CCCCC2)[C@@H](c2ccc(C(C)(C)C)cc2)C1=O. The fourth-order valence-electron chi connectivity index (χ4n) is 4.60. The van der Waals surface area contributed by atoms with Gasteiger partial charge in [0.1, 0.15) is 5.54 Å². The summed E-state index contributed by atoms with van der Waals surface area (Å²) in [6, 6.07) is 7.95. The predicted octanol–water partition coefficient (Wildman–Crippen LogP) is 3.52. The van der Waals surface area contributed by atoms with Crippen molar-refractivity contribution in [1.82, 2.24) is 15.5 Å². The summed E-state index contributed by atoms with van der Waals surface area (Å²) in [6.45, 7) is 8.81. The van der Waals surface area contributed by atoms with E-state index in [1.807, 2.05) is 24.3 Å². The molecular weight excluding hydrogens is 376 g/mol. The van der Waals surface area contributed by atoms with E-state index in [4.69, 9.17) is 5.41 Å². The van der Waals surface area contributed by atoms with Gasteiger partial charge in [0.05, 0.1) is 5.92 Å². The van der Waals surface area contributed by atoms with E-state index in [0.29, 0.717) is 12.5 Å². The van der Waals surface area contributed by atoms with Crippen LogP contribution in [0.4, 0.5) is 0 Å². The normalized spacial score (nSPS) is 25.8. The summed E-state index contributed by atoms with van der Waals surface area (Å²) < 4.78 is 0. The first-order valence-corrected chi connectivity index (χ1v) is 11.1. The van der Waals surface area contributed by atoms with E-state index < -0.39 is 11.5 Å². The second kappa shape index (κ2) is 8.40. The number of guanidine groups is 1. The molecule has 0 radical (unpaired) electrons. The summed E-state index contributed by atoms with van der Waals surface area (Å²) in [5.41, 5.74) is 0.758. The van der Waals surface area contributed by atoms with Gasteiger partial charge in [-0.25, -0.2) is 0 Å². The van der Waals surface area contributed by atoms with Gasteiger partial charge in [-0.3, -0.25) is 19.9 Å². The Hall–Kier alpha value is -2.37. The molecule has 1 saturated carbocycles. The Bertz CT molecular complexity index is 805. The maximum absolute atomic E-state index is 13.3. The Balaban J connectivity index is 1.87. The first kappa shape index (κ1) is 22.3. The summed E-state index contributed by atoms with van der Waals surface area (Å²) >= 11 is 0. The van der Waals surface area contributed by atoms with Crippen molar-refractivity contribution in [2.45, 2.75) is 76.7 Å². The summed E-state index contributed by atoms with van der Waals surface area (Å²) in [7, 11) is 1.58. The first-order valence-electron chi connectivity index (χ1n) is 11.1. The van der Waals surface area contributed by atoms with E-state index in [-0.39, 0.29) is 23.2 Å². The van der Waals surface area contributed by atoms with Crippen molar-refractivity contribution < 1.29 is 9.59 Å². The van der Waals surface area contributed by atoms with Crippen LogP contribution >= 0.6 is 0 Å². The van der Waals surface area contributed by atoms with Gasteiger partial charge in [-0.15, -0.1) is 0 Å². The molecule has 3 rings (SSSR count). The molecule has 0 bridgehead atoms. The van der Waals surface area contributed by atoms with Crippen LogP contribution in [0.1, 0.15) is 76.8 Å². The van der Waals surface area contributed by atoms with Crippen LogP contribution in [0.3, 0.4) is 0 Å². The predicted molar refractivity (Wildman–Crippen MR) is 120 cm³/mol. The molecule has 1 aliphatic carbocycles. The zero-order valence-corrected chi connectivity index (χ0v) is 19.0. The molecule has 0 aromatic heterocycles. The lowest BCUT2D eigenvalue weighted by molar-refractivity contribution is -0.139. The highest BCUT2D eigenvalue weighted by molar-refractivity contribution is 6.08. The minimum atomic E-state index is -1.21. The molecule has 1 saturated heterocycles. The van der Waals surface area contributed by atoms with Crippen LogP contribution in [0.25, 0.3) is 0 Å². The van der Waals surface area contributed by atoms with Crippen molar-refractivity contribution in [2.75, 3.05) is 13.6 Å². The van der Waals surface area contributed by atoms with Gasteiger partial charge < -0.3 is 10.6 Å². The molecule has 6 heteroatoms. The van der Waals surface area contributed by atoms with Gasteiger partial charge in [0.2, 0.25) is 11.8 Å². The fraction of sp³-hybridized carbons (Fsp3) is 0.625. The fourth-order valence-corrected chi connectivity index (χ4v) is 4.60. The molecule has 164 valence electrons. The lowest BCUT2D eigenvalue weighted by Gasteiger charge is -2.44. The zero-order chi connectivity index (χ0) is 22.1. The third-order valence-corrected chi connectivity index (χ3v) is 6.73. The van der Waals surface area contributed by atoms with Gasteiger partial charge >= 0.3 is 0 Å². The van der Waals surface area contributed by atoms with Crippen molar-refractivity contribution in [3.63, 3.8) is 0 Å². The number of hydrogen-bond acceptors (Lipinski definition) is 3. The monoisotopic (exact) mass is 412 g/mol. The molecule has 2 amide bonds. The maximum Gasteiger partial charge on any atom is 0.246 e. The number of rotatable bonds is 4. The van der Waals surface area contributed by atoms with Gasteiger partial charge in [-0.05, 0) is 42.2 Å². The highest BCUT2D eigenvalue weighted by atomic mass is 16.2. The Morgan fingerprint density at radius 3 is 2.37 bits per heavy atom. The average Bonchev–Trinajstić information content (AvgIpc) is 2.71. The van der Waals surface area contributed by atoms with Crippen molar-refractivity contribution in [1.29, 1.82) is 5.41 Å². The molecule has 1 aromatic carbocycles. The highest BCUT2D eigenvalue weighted by Gasteiger charge is 2.52. The summed E-state index contributed by atoms with van der Waals surface area (Å²) in [4.78, 5) is 27.8. The van der Waals surface area contributed by atoms with Gasteiger partial charge in [-0.2, -0.15) is 0 Å². The zero-order valence-electron chi connectivity index (χ0n) is 19.0. The lowest BCUT2D eigenvalue weighted by Crippen LogP contribution is -2.69. The van der Waals surface area contributed by atoms with E-state index in [1.54, 1.807) is 14.0 Å². The molecule has 1 aromatic rings. The van der Waals surface area contributed by atoms with E-state index in [1.165, 1.54) is 29.7 Å². The molecule has 2 aliphatic rings. The van der Waals surface area contributed by atoms with Crippen LogP contribution < -0.4 is 10.6 Å². The van der Waals surface area contributed by atoms with E-state index in [0.717, 1.165) is 18.4 Å². The van der Waals surface area contributed by atoms with E-state index in [2.05, 4.69) is 31.4 Å². The molecule has 0 unspecified atom stereocenters. The minimum absolute atomic E-state index is 0.00689. The Morgan fingerprint density at radius 1 is 1.20 bits per heavy atom. The Labute approximate surface area is 180 Å². The Morgan fingerprint density at radius 2 is 1.80 bits per heavy atom. The van der Waals surface area contributed by atoms with Crippen molar-refractivity contribution in [3.05, 3.63) is 35.4 Å². The number of benzene rings is 1. The smallest absolute Gasteiger partial charge is 0.246 e. The number of hydrogen-bond donors (Lipinski definition) is 3. The standard InChI is InChI=1S/C24H36N4O2/c1-23(2,3)18-13-11-17(12-14-18)19-20(29)28(5)22(25)27-24(19,4)21(30)26-15-16-9-7-6-8-10-16/h11-14,16,19H,6-10,15H2,1-5H3,(H2,25,27)(H,26,30)/t19-,24-/m0/s1. The summed E-state index contributed by atoms with van der Waals surface area (Å²) in [5.74, 6) is -0.700. The molecule has 2 fully saturated rings. The number of carbonyl (C=O) groups excluding carboxylic acids is 2. The van der Waals surface area contributed by atoms with Crippen LogP contribution in [-0.2, 0) is 15.0 Å². The average molecular weight is 413 g/mol. The molecule has 3 N–H and O–H groups in total. The van der Waals surface area contributed by atoms with Crippen LogP contribution in [0.2, 0.25) is 0 Å². The number of amides is 2. The number of likely N-dealkylation sites (N-methyl/N-ethyl adjacent to an activating group) is 1. The largest absolute Gasteiger partial charge is 0.354 e. The van der Waals surface area contributed by atoms with Crippen LogP contribution in [0.15, 0.2) is 24.3 Å². The first-order chi connectivity index (χ1) is 14.0. The summed E-state index contributed by atoms with van der Waals surface area (Å²) in [5, 5.41) is 14.3. The third kappa shape index (κ3) is 4.37.